The van der Waals surface area contributed by atoms with Gasteiger partial charge in [-0.25, -0.2) is 0 Å². The zero-order valence-corrected chi connectivity index (χ0v) is 16.3. The van der Waals surface area contributed by atoms with Crippen molar-refractivity contribution in [1.82, 2.24) is 0 Å². The molecular weight excluding hydrogens is 417 g/mol. The highest BCUT2D eigenvalue weighted by atomic mass is 127. The molecule has 3 aliphatic rings. The van der Waals surface area contributed by atoms with Crippen molar-refractivity contribution in [1.29, 1.82) is 0 Å². The molecule has 6 heteroatoms. The van der Waals surface area contributed by atoms with Gasteiger partial charge in [0, 0.05) is 18.5 Å². The van der Waals surface area contributed by atoms with Crippen LogP contribution >= 0.6 is 24.0 Å². The largest absolute Gasteiger partial charge is 0.370 e. The average Bonchev–Trinajstić information content (AvgIpc) is 3.27. The van der Waals surface area contributed by atoms with Gasteiger partial charge in [0.1, 0.15) is 6.10 Å². The van der Waals surface area contributed by atoms with E-state index in [1.165, 1.54) is 36.8 Å². The Morgan fingerprint density at radius 1 is 1.21 bits per heavy atom. The van der Waals surface area contributed by atoms with Crippen molar-refractivity contribution in [3.8, 4) is 0 Å². The Bertz CT molecular complexity index is 614. The van der Waals surface area contributed by atoms with Crippen molar-refractivity contribution in [2.45, 2.75) is 56.8 Å². The lowest BCUT2D eigenvalue weighted by Gasteiger charge is -2.21. The minimum Gasteiger partial charge on any atom is -0.370 e. The first-order chi connectivity index (χ1) is 11.2. The predicted octanol–water partition coefficient (Wildman–Crippen LogP) is 3.21. The molecule has 1 atom stereocenters. The summed E-state index contributed by atoms with van der Waals surface area (Å²) < 4.78 is 11.9. The van der Waals surface area contributed by atoms with E-state index in [0.29, 0.717) is 19.1 Å². The first kappa shape index (κ1) is 17.9. The lowest BCUT2D eigenvalue weighted by atomic mass is 10.1. The van der Waals surface area contributed by atoms with Crippen molar-refractivity contribution < 1.29 is 9.47 Å². The van der Waals surface area contributed by atoms with Gasteiger partial charge in [-0.2, -0.15) is 0 Å². The van der Waals surface area contributed by atoms with Crippen LogP contribution in [0.25, 0.3) is 0 Å². The molecule has 2 aliphatic carbocycles. The number of nitrogens with two attached hydrogens (primary N) is 1. The van der Waals surface area contributed by atoms with Gasteiger partial charge in [-0.15, -0.1) is 24.0 Å². The van der Waals surface area contributed by atoms with E-state index >= 15 is 0 Å². The van der Waals surface area contributed by atoms with Gasteiger partial charge in [0.05, 0.1) is 13.2 Å². The number of benzene rings is 1. The molecule has 0 bridgehead atoms. The van der Waals surface area contributed by atoms with Crippen molar-refractivity contribution in [2.75, 3.05) is 18.5 Å². The normalized spacial score (nSPS) is 24.8. The molecule has 1 aliphatic heterocycles. The van der Waals surface area contributed by atoms with Crippen molar-refractivity contribution in [2.24, 2.45) is 10.7 Å². The van der Waals surface area contributed by atoms with Crippen LogP contribution in [-0.4, -0.2) is 31.0 Å². The Kier molecular flexibility index (Phi) is 5.66. The minimum atomic E-state index is -0.317. The third kappa shape index (κ3) is 3.86. The summed E-state index contributed by atoms with van der Waals surface area (Å²) in [5.74, 6) is 0.126. The number of halogens is 1. The fourth-order valence-corrected chi connectivity index (χ4v) is 3.92. The molecule has 1 aromatic carbocycles. The number of fused-ring (bicyclic) bond motifs is 1. The Balaban J connectivity index is 0.00000169. The zero-order chi connectivity index (χ0) is 15.7. The van der Waals surface area contributed by atoms with Crippen molar-refractivity contribution >= 4 is 35.6 Å². The summed E-state index contributed by atoms with van der Waals surface area (Å²) in [4.78, 5) is 4.43. The van der Waals surface area contributed by atoms with Crippen LogP contribution in [0.3, 0.4) is 0 Å². The Morgan fingerprint density at radius 2 is 2.00 bits per heavy atom. The van der Waals surface area contributed by atoms with E-state index in [0.717, 1.165) is 24.9 Å². The number of aryl methyl sites for hydroxylation is 2. The second kappa shape index (κ2) is 7.58. The maximum atomic E-state index is 6.06. The number of rotatable bonds is 3. The van der Waals surface area contributed by atoms with Crippen molar-refractivity contribution in [3.63, 3.8) is 0 Å². The summed E-state index contributed by atoms with van der Waals surface area (Å²) in [6.07, 6.45) is 8.04. The number of nitrogens with one attached hydrogen (secondary N) is 1. The molecule has 4 rings (SSSR count). The maximum absolute atomic E-state index is 6.06. The quantitative estimate of drug-likeness (QED) is 0.428. The first-order valence-electron chi connectivity index (χ1n) is 8.73. The molecule has 3 N–H and O–H groups in total. The topological polar surface area (TPSA) is 68.9 Å². The summed E-state index contributed by atoms with van der Waals surface area (Å²) in [5.41, 5.74) is 9.92. The highest BCUT2D eigenvalue weighted by Gasteiger charge is 2.43. The van der Waals surface area contributed by atoms with Crippen LogP contribution in [0.15, 0.2) is 23.2 Å². The van der Waals surface area contributed by atoms with Crippen LogP contribution < -0.4 is 11.1 Å². The molecule has 0 amide bonds. The van der Waals surface area contributed by atoms with Crippen LogP contribution in [0, 0.1) is 0 Å². The number of anilines is 1. The van der Waals surface area contributed by atoms with E-state index in [9.17, 15) is 0 Å². The highest BCUT2D eigenvalue weighted by Crippen LogP contribution is 2.39. The molecule has 1 heterocycles. The lowest BCUT2D eigenvalue weighted by Crippen LogP contribution is -2.28. The number of hydrogen-bond acceptors (Lipinski definition) is 3. The maximum Gasteiger partial charge on any atom is 0.193 e. The summed E-state index contributed by atoms with van der Waals surface area (Å²) >= 11 is 0. The van der Waals surface area contributed by atoms with Crippen LogP contribution in [0.4, 0.5) is 5.69 Å². The van der Waals surface area contributed by atoms with E-state index in [-0.39, 0.29) is 35.9 Å². The summed E-state index contributed by atoms with van der Waals surface area (Å²) in [5, 5.41) is 3.19. The van der Waals surface area contributed by atoms with Gasteiger partial charge in [-0.05, 0) is 55.4 Å². The Hall–Kier alpha value is -0.860. The summed E-state index contributed by atoms with van der Waals surface area (Å²) in [6.45, 7) is 1.17. The molecule has 1 spiro atoms. The minimum absolute atomic E-state index is 0. The zero-order valence-electron chi connectivity index (χ0n) is 13.9. The smallest absolute Gasteiger partial charge is 0.193 e. The van der Waals surface area contributed by atoms with Crippen LogP contribution in [-0.2, 0) is 22.3 Å². The fraction of sp³-hybridized carbons (Fsp3) is 0.611. The van der Waals surface area contributed by atoms with Crippen molar-refractivity contribution in [3.05, 3.63) is 29.3 Å². The molecule has 24 heavy (non-hydrogen) atoms. The van der Waals surface area contributed by atoms with E-state index < -0.39 is 0 Å². The SMILES string of the molecule is I.NC(=NCC1COC2(CCCC2)O1)Nc1ccc2c(c1)CCC2. The Labute approximate surface area is 160 Å². The van der Waals surface area contributed by atoms with Crippen LogP contribution in [0.5, 0.6) is 0 Å². The number of guanidine groups is 1. The van der Waals surface area contributed by atoms with E-state index in [1.807, 2.05) is 0 Å². The second-order valence-corrected chi connectivity index (χ2v) is 6.86. The molecule has 0 radical (unpaired) electrons. The molecule has 5 nitrogen and oxygen atoms in total. The average molecular weight is 443 g/mol. The van der Waals surface area contributed by atoms with E-state index in [1.54, 1.807) is 0 Å². The second-order valence-electron chi connectivity index (χ2n) is 6.86. The highest BCUT2D eigenvalue weighted by molar-refractivity contribution is 14.0. The summed E-state index contributed by atoms with van der Waals surface area (Å²) in [7, 11) is 0. The lowest BCUT2D eigenvalue weighted by molar-refractivity contribution is -0.160. The summed E-state index contributed by atoms with van der Waals surface area (Å²) in [6, 6.07) is 6.46. The molecule has 1 unspecified atom stereocenters. The number of hydrogen-bond donors (Lipinski definition) is 2. The van der Waals surface area contributed by atoms with Gasteiger partial charge in [0.15, 0.2) is 11.7 Å². The first-order valence-corrected chi connectivity index (χ1v) is 8.73. The monoisotopic (exact) mass is 443 g/mol. The third-order valence-electron chi connectivity index (χ3n) is 5.12. The fourth-order valence-electron chi connectivity index (χ4n) is 3.92. The van der Waals surface area contributed by atoms with Gasteiger partial charge in [0.25, 0.3) is 0 Å². The van der Waals surface area contributed by atoms with Crippen LogP contribution in [0.2, 0.25) is 0 Å². The molecule has 0 aromatic heterocycles. The Morgan fingerprint density at radius 3 is 2.83 bits per heavy atom. The van der Waals surface area contributed by atoms with Gasteiger partial charge in [-0.3, -0.25) is 4.99 Å². The third-order valence-corrected chi connectivity index (χ3v) is 5.12. The van der Waals surface area contributed by atoms with Gasteiger partial charge >= 0.3 is 0 Å². The van der Waals surface area contributed by atoms with Crippen LogP contribution in [0.1, 0.15) is 43.2 Å². The molecular formula is C18H26IN3O2. The molecule has 1 aromatic rings. The standard InChI is InChI=1S/C18H25N3O2.HI/c19-17(21-15-7-6-13-4-3-5-14(13)10-15)20-11-16-12-22-18(23-16)8-1-2-9-18;/h6-7,10,16H,1-5,8-9,11-12H2,(H3,19,20,21);1H. The number of nitrogens with zero attached hydrogens (tertiary/aromatic N) is 1. The number of ether oxygens (including phenoxy) is 2. The molecule has 132 valence electrons. The number of aliphatic imine (C=N–C) groups is 1. The van der Waals surface area contributed by atoms with Gasteiger partial charge < -0.3 is 20.5 Å². The molecule has 1 saturated heterocycles. The van der Waals surface area contributed by atoms with Gasteiger partial charge in [-0.1, -0.05) is 6.07 Å². The molecule has 2 fully saturated rings. The van der Waals surface area contributed by atoms with E-state index in [2.05, 4.69) is 28.5 Å². The predicted molar refractivity (Wildman–Crippen MR) is 106 cm³/mol. The molecule has 1 saturated carbocycles. The van der Waals surface area contributed by atoms with Gasteiger partial charge in [0.2, 0.25) is 0 Å². The van der Waals surface area contributed by atoms with E-state index in [4.69, 9.17) is 15.2 Å².